The standard InChI is InChI=1S/C13H24N2O/c1-13(2,10-14)8-3-9-16-12-6-4-11(15)5-7-12/h11-12H,3-9,15H2,1-2H3. The average Bonchev–Trinajstić information content (AvgIpc) is 2.27. The van der Waals surface area contributed by atoms with Gasteiger partial charge in [-0.2, -0.15) is 5.26 Å². The molecule has 3 heteroatoms. The van der Waals surface area contributed by atoms with Gasteiger partial charge in [0.1, 0.15) is 0 Å². The van der Waals surface area contributed by atoms with E-state index in [2.05, 4.69) is 6.07 Å². The van der Waals surface area contributed by atoms with Crippen molar-refractivity contribution in [1.29, 1.82) is 5.26 Å². The van der Waals surface area contributed by atoms with Crippen LogP contribution in [0.3, 0.4) is 0 Å². The molecule has 0 radical (unpaired) electrons. The van der Waals surface area contributed by atoms with Crippen LogP contribution >= 0.6 is 0 Å². The van der Waals surface area contributed by atoms with Crippen LogP contribution in [0, 0.1) is 16.7 Å². The molecule has 16 heavy (non-hydrogen) atoms. The molecule has 0 amide bonds. The van der Waals surface area contributed by atoms with Gasteiger partial charge in [-0.05, 0) is 52.4 Å². The van der Waals surface area contributed by atoms with Gasteiger partial charge < -0.3 is 10.5 Å². The summed E-state index contributed by atoms with van der Waals surface area (Å²) in [7, 11) is 0. The summed E-state index contributed by atoms with van der Waals surface area (Å²) in [5.74, 6) is 0. The van der Waals surface area contributed by atoms with E-state index in [0.717, 1.165) is 45.1 Å². The van der Waals surface area contributed by atoms with Crippen LogP contribution in [-0.4, -0.2) is 18.8 Å². The molecule has 0 aromatic heterocycles. The van der Waals surface area contributed by atoms with Crippen molar-refractivity contribution in [1.82, 2.24) is 0 Å². The molecule has 0 aliphatic heterocycles. The van der Waals surface area contributed by atoms with E-state index in [1.807, 2.05) is 13.8 Å². The quantitative estimate of drug-likeness (QED) is 0.730. The normalized spacial score (nSPS) is 26.4. The van der Waals surface area contributed by atoms with Crippen LogP contribution < -0.4 is 5.73 Å². The maximum absolute atomic E-state index is 8.87. The van der Waals surface area contributed by atoms with Gasteiger partial charge in [0.15, 0.2) is 0 Å². The topological polar surface area (TPSA) is 59.0 Å². The van der Waals surface area contributed by atoms with E-state index in [9.17, 15) is 0 Å². The Balaban J connectivity index is 2.06. The van der Waals surface area contributed by atoms with Crippen LogP contribution in [-0.2, 0) is 4.74 Å². The van der Waals surface area contributed by atoms with E-state index in [1.54, 1.807) is 0 Å². The van der Waals surface area contributed by atoms with Gasteiger partial charge >= 0.3 is 0 Å². The number of nitriles is 1. The SMILES string of the molecule is CC(C)(C#N)CCCOC1CCC(N)CC1. The van der Waals surface area contributed by atoms with Crippen molar-refractivity contribution in [3.63, 3.8) is 0 Å². The highest BCUT2D eigenvalue weighted by Crippen LogP contribution is 2.23. The number of ether oxygens (including phenoxy) is 1. The lowest BCUT2D eigenvalue weighted by atomic mass is 9.90. The minimum absolute atomic E-state index is 0.210. The number of rotatable bonds is 5. The van der Waals surface area contributed by atoms with Gasteiger partial charge in [-0.15, -0.1) is 0 Å². The zero-order valence-corrected chi connectivity index (χ0v) is 10.5. The smallest absolute Gasteiger partial charge is 0.0683 e. The largest absolute Gasteiger partial charge is 0.378 e. The molecule has 1 rings (SSSR count). The fourth-order valence-corrected chi connectivity index (χ4v) is 2.08. The third-order valence-electron chi connectivity index (χ3n) is 3.32. The number of hydrogen-bond acceptors (Lipinski definition) is 3. The Hall–Kier alpha value is -0.590. The molecule has 0 heterocycles. The molecular weight excluding hydrogens is 200 g/mol. The lowest BCUT2D eigenvalue weighted by Gasteiger charge is -2.26. The van der Waals surface area contributed by atoms with Crippen LogP contribution in [0.4, 0.5) is 0 Å². The second kappa shape index (κ2) is 6.22. The first kappa shape index (κ1) is 13.5. The third kappa shape index (κ3) is 4.96. The Kier molecular flexibility index (Phi) is 5.24. The molecule has 0 spiro atoms. The summed E-state index contributed by atoms with van der Waals surface area (Å²) >= 11 is 0. The minimum atomic E-state index is -0.210. The maximum Gasteiger partial charge on any atom is 0.0683 e. The van der Waals surface area contributed by atoms with Crippen LogP contribution in [0.1, 0.15) is 52.4 Å². The zero-order chi connectivity index (χ0) is 12.0. The number of hydrogen-bond donors (Lipinski definition) is 1. The molecule has 0 aromatic rings. The predicted octanol–water partition coefficient (Wildman–Crippen LogP) is 2.60. The van der Waals surface area contributed by atoms with E-state index in [0.29, 0.717) is 12.1 Å². The first-order chi connectivity index (χ1) is 7.53. The lowest BCUT2D eigenvalue weighted by molar-refractivity contribution is 0.0211. The maximum atomic E-state index is 8.87. The van der Waals surface area contributed by atoms with E-state index >= 15 is 0 Å². The summed E-state index contributed by atoms with van der Waals surface area (Å²) in [4.78, 5) is 0. The summed E-state index contributed by atoms with van der Waals surface area (Å²) in [5, 5.41) is 8.87. The molecule has 3 nitrogen and oxygen atoms in total. The molecule has 92 valence electrons. The summed E-state index contributed by atoms with van der Waals surface area (Å²) in [6, 6.07) is 2.70. The fourth-order valence-electron chi connectivity index (χ4n) is 2.08. The van der Waals surface area contributed by atoms with E-state index < -0.39 is 0 Å². The highest BCUT2D eigenvalue weighted by atomic mass is 16.5. The van der Waals surface area contributed by atoms with Crippen LogP contribution in [0.2, 0.25) is 0 Å². The lowest BCUT2D eigenvalue weighted by Crippen LogP contribution is -2.30. The number of nitrogens with two attached hydrogens (primary N) is 1. The summed E-state index contributed by atoms with van der Waals surface area (Å²) < 4.78 is 5.81. The van der Waals surface area contributed by atoms with E-state index in [-0.39, 0.29) is 5.41 Å². The molecular formula is C13H24N2O. The van der Waals surface area contributed by atoms with Gasteiger partial charge in [0.25, 0.3) is 0 Å². The second-order valence-corrected chi connectivity index (χ2v) is 5.51. The molecule has 0 bridgehead atoms. The molecule has 0 saturated heterocycles. The zero-order valence-electron chi connectivity index (χ0n) is 10.5. The minimum Gasteiger partial charge on any atom is -0.378 e. The number of nitrogens with zero attached hydrogens (tertiary/aromatic N) is 1. The van der Waals surface area contributed by atoms with Gasteiger partial charge in [0.2, 0.25) is 0 Å². The highest BCUT2D eigenvalue weighted by Gasteiger charge is 2.19. The van der Waals surface area contributed by atoms with Crippen LogP contribution in [0.25, 0.3) is 0 Å². The average molecular weight is 224 g/mol. The van der Waals surface area contributed by atoms with Gasteiger partial charge in [0.05, 0.1) is 17.6 Å². The monoisotopic (exact) mass is 224 g/mol. The Bertz CT molecular complexity index is 237. The Morgan fingerprint density at radius 2 is 1.94 bits per heavy atom. The Labute approximate surface area is 99.0 Å². The summed E-state index contributed by atoms with van der Waals surface area (Å²) in [6.07, 6.45) is 6.68. The Morgan fingerprint density at radius 3 is 2.50 bits per heavy atom. The predicted molar refractivity (Wildman–Crippen MR) is 64.8 cm³/mol. The van der Waals surface area contributed by atoms with Crippen LogP contribution in [0.15, 0.2) is 0 Å². The highest BCUT2D eigenvalue weighted by molar-refractivity contribution is 4.91. The van der Waals surface area contributed by atoms with Crippen molar-refractivity contribution in [2.24, 2.45) is 11.1 Å². The molecule has 1 aliphatic carbocycles. The Morgan fingerprint density at radius 1 is 1.31 bits per heavy atom. The van der Waals surface area contributed by atoms with Crippen molar-refractivity contribution in [2.75, 3.05) is 6.61 Å². The molecule has 2 N–H and O–H groups in total. The van der Waals surface area contributed by atoms with E-state index in [4.69, 9.17) is 15.7 Å². The van der Waals surface area contributed by atoms with Crippen molar-refractivity contribution >= 4 is 0 Å². The third-order valence-corrected chi connectivity index (χ3v) is 3.32. The molecule has 1 fully saturated rings. The summed E-state index contributed by atoms with van der Waals surface area (Å²) in [5.41, 5.74) is 5.63. The van der Waals surface area contributed by atoms with Gasteiger partial charge in [-0.3, -0.25) is 0 Å². The van der Waals surface area contributed by atoms with Crippen molar-refractivity contribution < 1.29 is 4.74 Å². The first-order valence-corrected chi connectivity index (χ1v) is 6.32. The van der Waals surface area contributed by atoms with Crippen molar-refractivity contribution in [3.8, 4) is 6.07 Å². The molecule has 1 saturated carbocycles. The van der Waals surface area contributed by atoms with Gasteiger partial charge in [-0.1, -0.05) is 0 Å². The van der Waals surface area contributed by atoms with Gasteiger partial charge in [-0.25, -0.2) is 0 Å². The van der Waals surface area contributed by atoms with Crippen molar-refractivity contribution in [2.45, 2.75) is 64.5 Å². The van der Waals surface area contributed by atoms with Crippen molar-refractivity contribution in [3.05, 3.63) is 0 Å². The fraction of sp³-hybridized carbons (Fsp3) is 0.923. The first-order valence-electron chi connectivity index (χ1n) is 6.32. The summed E-state index contributed by atoms with van der Waals surface area (Å²) in [6.45, 7) is 4.74. The van der Waals surface area contributed by atoms with Crippen LogP contribution in [0.5, 0.6) is 0 Å². The molecule has 0 unspecified atom stereocenters. The van der Waals surface area contributed by atoms with E-state index in [1.165, 1.54) is 0 Å². The molecule has 0 aromatic carbocycles. The van der Waals surface area contributed by atoms with Gasteiger partial charge in [0, 0.05) is 12.6 Å². The second-order valence-electron chi connectivity index (χ2n) is 5.51. The molecule has 0 atom stereocenters. The molecule has 1 aliphatic rings.